The number of hydrogen-bond acceptors (Lipinski definition) is 5. The lowest BCUT2D eigenvalue weighted by atomic mass is 9.71. The molecule has 0 spiro atoms. The molecule has 0 N–H and O–H groups in total. The molecule has 0 saturated carbocycles. The van der Waals surface area contributed by atoms with Gasteiger partial charge >= 0.3 is 5.97 Å². The van der Waals surface area contributed by atoms with Gasteiger partial charge in [-0.1, -0.05) is 51.6 Å². The highest BCUT2D eigenvalue weighted by Gasteiger charge is 2.63. The maximum atomic E-state index is 13.7. The van der Waals surface area contributed by atoms with E-state index in [1.807, 2.05) is 31.2 Å². The van der Waals surface area contributed by atoms with Crippen molar-refractivity contribution < 1.29 is 18.8 Å². The molecule has 5 rings (SSSR count). The first-order chi connectivity index (χ1) is 17.0. The smallest absolute Gasteiger partial charge is 0.355 e. The summed E-state index contributed by atoms with van der Waals surface area (Å²) in [6.45, 7) is 16.9. The minimum absolute atomic E-state index is 0.0446. The second kappa shape index (κ2) is 8.66. The number of para-hydroxylation sites is 1. The number of fused-ring (bicyclic) bond motifs is 6. The van der Waals surface area contributed by atoms with E-state index < -0.39 is 14.3 Å². The fourth-order valence-electron chi connectivity index (χ4n) is 5.82. The lowest BCUT2D eigenvalue weighted by Gasteiger charge is -2.50. The van der Waals surface area contributed by atoms with Crippen molar-refractivity contribution in [1.82, 2.24) is 9.88 Å². The first-order valence-corrected chi connectivity index (χ1v) is 15.8. The number of carbonyl (C=O) groups excluding carboxylic acids is 2. The molecule has 1 aromatic heterocycles. The molecule has 3 heterocycles. The quantitative estimate of drug-likeness (QED) is 0.225. The summed E-state index contributed by atoms with van der Waals surface area (Å²) in [5.41, 5.74) is 4.17. The summed E-state index contributed by atoms with van der Waals surface area (Å²) in [4.78, 5) is 33.6. The van der Waals surface area contributed by atoms with Gasteiger partial charge in [-0.05, 0) is 55.6 Å². The number of ether oxygens (including phenoxy) is 1. The number of rotatable bonds is 6. The molecule has 0 radical (unpaired) electrons. The number of benzene rings is 1. The Labute approximate surface area is 214 Å². The van der Waals surface area contributed by atoms with Gasteiger partial charge in [-0.25, -0.2) is 4.79 Å². The number of aromatic nitrogens is 1. The zero-order valence-electron chi connectivity index (χ0n) is 22.1. The molecule has 0 bridgehead atoms. The van der Waals surface area contributed by atoms with Crippen molar-refractivity contribution in [3.8, 4) is 0 Å². The predicted molar refractivity (Wildman–Crippen MR) is 143 cm³/mol. The molecule has 2 aromatic rings. The third-order valence-electron chi connectivity index (χ3n) is 8.57. The van der Waals surface area contributed by atoms with Crippen molar-refractivity contribution in [3.05, 3.63) is 59.9 Å². The van der Waals surface area contributed by atoms with Crippen LogP contribution in [0.2, 0.25) is 18.1 Å². The molecule has 190 valence electrons. The minimum Gasteiger partial charge on any atom is -0.457 e. The largest absolute Gasteiger partial charge is 0.457 e. The molecular weight excluding hydrogens is 468 g/mol. The van der Waals surface area contributed by atoms with Crippen LogP contribution in [-0.4, -0.2) is 48.8 Å². The molecule has 1 fully saturated rings. The fraction of sp³-hybridized carbons (Fsp3) is 0.483. The molecule has 1 aromatic carbocycles. The average Bonchev–Trinajstić information content (AvgIpc) is 3.11. The van der Waals surface area contributed by atoms with Crippen LogP contribution in [0.1, 0.15) is 45.4 Å². The van der Waals surface area contributed by atoms with E-state index in [1.165, 1.54) is 0 Å². The highest BCUT2D eigenvalue weighted by molar-refractivity contribution is 6.74. The highest BCUT2D eigenvalue weighted by atomic mass is 28.4. The van der Waals surface area contributed by atoms with Gasteiger partial charge in [0, 0.05) is 22.6 Å². The number of pyridine rings is 1. The normalized spacial score (nSPS) is 24.1. The summed E-state index contributed by atoms with van der Waals surface area (Å²) in [7, 11) is -2.07. The standard InChI is InChI=1S/C29H36N2O4Si/c1-8-15-34-28(33)26-24-19(13-14-22-20(24)16-18-11-9-10-12-21(18)30-22)25-23(27(32)31(25)26)17(2)35-36(6,7)29(3,4)5/h8-12,16-17,19,23,25H,1,13-15H2,2-7H3/t17-,19-,23-,25-/m1/s1. The molecule has 2 aliphatic heterocycles. The summed E-state index contributed by atoms with van der Waals surface area (Å²) in [5.74, 6) is -0.740. The summed E-state index contributed by atoms with van der Waals surface area (Å²) in [6, 6.07) is 10.1. The van der Waals surface area contributed by atoms with Crippen LogP contribution in [0.4, 0.5) is 0 Å². The van der Waals surface area contributed by atoms with E-state index in [0.29, 0.717) is 5.70 Å². The van der Waals surface area contributed by atoms with Gasteiger partial charge in [-0.2, -0.15) is 0 Å². The SMILES string of the molecule is C=CCOC(=O)C1=C2c3cc4ccccc4nc3CC[C@H]2[C@@H]2[C@@H]([C@@H](C)O[Si](C)(C)C(C)(C)C)C(=O)N12. The number of hydrogen-bond donors (Lipinski definition) is 0. The van der Waals surface area contributed by atoms with Gasteiger partial charge in [-0.3, -0.25) is 9.78 Å². The number of aryl methyl sites for hydroxylation is 1. The fourth-order valence-corrected chi connectivity index (χ4v) is 7.25. The van der Waals surface area contributed by atoms with Crippen LogP contribution in [0.25, 0.3) is 16.5 Å². The van der Waals surface area contributed by atoms with Crippen LogP contribution >= 0.6 is 0 Å². The van der Waals surface area contributed by atoms with Gasteiger partial charge in [0.25, 0.3) is 0 Å². The summed E-state index contributed by atoms with van der Waals surface area (Å²) in [5, 5.41) is 1.07. The molecule has 7 heteroatoms. The molecule has 4 atom stereocenters. The lowest BCUT2D eigenvalue weighted by molar-refractivity contribution is -0.163. The Balaban J connectivity index is 1.56. The summed E-state index contributed by atoms with van der Waals surface area (Å²) in [6.07, 6.45) is 2.98. The Morgan fingerprint density at radius 3 is 2.72 bits per heavy atom. The van der Waals surface area contributed by atoms with Gasteiger partial charge < -0.3 is 14.1 Å². The van der Waals surface area contributed by atoms with Gasteiger partial charge in [0.1, 0.15) is 12.3 Å². The number of esters is 1. The Bertz CT molecular complexity index is 1290. The van der Waals surface area contributed by atoms with E-state index in [0.717, 1.165) is 40.6 Å². The monoisotopic (exact) mass is 504 g/mol. The second-order valence-electron chi connectivity index (χ2n) is 11.8. The molecule has 1 amide bonds. The Morgan fingerprint density at radius 2 is 2.03 bits per heavy atom. The zero-order valence-corrected chi connectivity index (χ0v) is 23.1. The maximum Gasteiger partial charge on any atom is 0.355 e. The van der Waals surface area contributed by atoms with Crippen molar-refractivity contribution in [2.45, 2.75) is 70.8 Å². The number of nitrogens with zero attached hydrogens (tertiary/aromatic N) is 2. The van der Waals surface area contributed by atoms with Gasteiger partial charge in [0.2, 0.25) is 5.91 Å². The van der Waals surface area contributed by atoms with E-state index >= 15 is 0 Å². The number of carbonyl (C=O) groups is 2. The molecule has 0 unspecified atom stereocenters. The van der Waals surface area contributed by atoms with E-state index in [2.05, 4.69) is 46.5 Å². The molecule has 1 saturated heterocycles. The lowest BCUT2D eigenvalue weighted by Crippen LogP contribution is -2.65. The highest BCUT2D eigenvalue weighted by Crippen LogP contribution is 2.55. The van der Waals surface area contributed by atoms with Crippen LogP contribution < -0.4 is 0 Å². The Morgan fingerprint density at radius 1 is 1.31 bits per heavy atom. The van der Waals surface area contributed by atoms with Crippen molar-refractivity contribution in [3.63, 3.8) is 0 Å². The Hall–Kier alpha value is -2.77. The molecule has 1 aliphatic carbocycles. The van der Waals surface area contributed by atoms with Crippen LogP contribution in [0.3, 0.4) is 0 Å². The second-order valence-corrected chi connectivity index (χ2v) is 16.5. The number of β-lactam (4-membered cyclic amide) rings is 1. The Kier molecular flexibility index (Phi) is 5.99. The molecular formula is C29H36N2O4Si. The molecule has 3 aliphatic rings. The van der Waals surface area contributed by atoms with E-state index in [-0.39, 0.29) is 41.5 Å². The third-order valence-corrected chi connectivity index (χ3v) is 13.1. The van der Waals surface area contributed by atoms with Gasteiger partial charge in [0.05, 0.1) is 23.6 Å². The van der Waals surface area contributed by atoms with Crippen molar-refractivity contribution in [2.24, 2.45) is 11.8 Å². The number of amides is 1. The first-order valence-electron chi connectivity index (χ1n) is 12.9. The van der Waals surface area contributed by atoms with Crippen LogP contribution in [0.5, 0.6) is 0 Å². The summed E-state index contributed by atoms with van der Waals surface area (Å²) < 4.78 is 12.2. The van der Waals surface area contributed by atoms with Crippen molar-refractivity contribution >= 4 is 36.7 Å². The molecule has 36 heavy (non-hydrogen) atoms. The predicted octanol–water partition coefficient (Wildman–Crippen LogP) is 5.49. The zero-order chi connectivity index (χ0) is 26.0. The van der Waals surface area contributed by atoms with E-state index in [9.17, 15) is 9.59 Å². The van der Waals surface area contributed by atoms with Crippen molar-refractivity contribution in [2.75, 3.05) is 6.61 Å². The van der Waals surface area contributed by atoms with Crippen molar-refractivity contribution in [1.29, 1.82) is 0 Å². The van der Waals surface area contributed by atoms with Crippen LogP contribution in [-0.2, 0) is 25.2 Å². The summed E-state index contributed by atoms with van der Waals surface area (Å²) >= 11 is 0. The van der Waals surface area contributed by atoms with Gasteiger partial charge in [0.15, 0.2) is 8.32 Å². The average molecular weight is 505 g/mol. The topological polar surface area (TPSA) is 68.7 Å². The first kappa shape index (κ1) is 24.9. The molecule has 6 nitrogen and oxygen atoms in total. The maximum absolute atomic E-state index is 13.7. The van der Waals surface area contributed by atoms with Crippen LogP contribution in [0, 0.1) is 11.8 Å². The third kappa shape index (κ3) is 3.75. The minimum atomic E-state index is -2.07. The van der Waals surface area contributed by atoms with Gasteiger partial charge in [-0.15, -0.1) is 0 Å². The van der Waals surface area contributed by atoms with Crippen LogP contribution in [0.15, 0.2) is 48.7 Å². The van der Waals surface area contributed by atoms with E-state index in [1.54, 1.807) is 11.0 Å². The van der Waals surface area contributed by atoms with E-state index in [4.69, 9.17) is 14.1 Å².